The second-order valence-electron chi connectivity index (χ2n) is 5.17. The molecule has 0 aromatic heterocycles. The zero-order valence-electron chi connectivity index (χ0n) is 12.0. The van der Waals surface area contributed by atoms with Crippen molar-refractivity contribution in [2.45, 2.75) is 19.4 Å². The third-order valence-corrected chi connectivity index (χ3v) is 3.66. The minimum Gasteiger partial charge on any atom is -0.481 e. The Hall–Kier alpha value is -2.08. The molecule has 0 aliphatic carbocycles. The van der Waals surface area contributed by atoms with Crippen molar-refractivity contribution in [3.8, 4) is 0 Å². The van der Waals surface area contributed by atoms with E-state index in [4.69, 9.17) is 9.84 Å². The maximum absolute atomic E-state index is 11.8. The van der Waals surface area contributed by atoms with Gasteiger partial charge >= 0.3 is 12.0 Å². The summed E-state index contributed by atoms with van der Waals surface area (Å²) in [5.74, 6) is -1.62. The number of hydrogen-bond donors (Lipinski definition) is 3. The lowest BCUT2D eigenvalue weighted by molar-refractivity contribution is -0.142. The summed E-state index contributed by atoms with van der Waals surface area (Å²) < 4.78 is 5.10. The first kappa shape index (κ1) is 15.3. The van der Waals surface area contributed by atoms with Gasteiger partial charge in [-0.2, -0.15) is 0 Å². The van der Waals surface area contributed by atoms with E-state index in [2.05, 4.69) is 10.6 Å². The number of nitrogens with one attached hydrogen (secondary N) is 2. The van der Waals surface area contributed by atoms with Crippen LogP contribution in [0.2, 0.25) is 0 Å². The number of carboxylic acid groups (broad SMARTS) is 1. The molecule has 1 saturated heterocycles. The number of benzene rings is 1. The molecule has 2 atom stereocenters. The molecule has 0 saturated carbocycles. The highest BCUT2D eigenvalue weighted by Gasteiger charge is 2.34. The Morgan fingerprint density at radius 1 is 1.33 bits per heavy atom. The van der Waals surface area contributed by atoms with Crippen LogP contribution in [-0.4, -0.2) is 42.9 Å². The molecule has 1 aromatic carbocycles. The fourth-order valence-electron chi connectivity index (χ4n) is 2.36. The third-order valence-electron chi connectivity index (χ3n) is 3.66. The number of rotatable bonds is 5. The number of aliphatic carboxylic acids is 1. The van der Waals surface area contributed by atoms with Gasteiger partial charge in [0.25, 0.3) is 0 Å². The summed E-state index contributed by atoms with van der Waals surface area (Å²) in [5.41, 5.74) is 2.38. The molecule has 2 amide bonds. The van der Waals surface area contributed by atoms with Crippen LogP contribution in [0.25, 0.3) is 0 Å². The van der Waals surface area contributed by atoms with E-state index in [0.29, 0.717) is 6.54 Å². The molecule has 3 N–H and O–H groups in total. The Labute approximate surface area is 123 Å². The van der Waals surface area contributed by atoms with E-state index < -0.39 is 17.9 Å². The summed E-state index contributed by atoms with van der Waals surface area (Å²) in [5, 5.41) is 14.4. The quantitative estimate of drug-likeness (QED) is 0.753. The Balaban J connectivity index is 1.75. The molecule has 0 radical (unpaired) electrons. The van der Waals surface area contributed by atoms with Gasteiger partial charge < -0.3 is 20.5 Å². The molecule has 0 spiro atoms. The molecule has 6 nitrogen and oxygen atoms in total. The number of carbonyl (C=O) groups is 2. The predicted molar refractivity (Wildman–Crippen MR) is 77.2 cm³/mol. The Morgan fingerprint density at radius 3 is 2.81 bits per heavy atom. The monoisotopic (exact) mass is 292 g/mol. The van der Waals surface area contributed by atoms with Crippen LogP contribution in [0.3, 0.4) is 0 Å². The average molecular weight is 292 g/mol. The molecule has 0 bridgehead atoms. The van der Waals surface area contributed by atoms with Crippen molar-refractivity contribution in [1.82, 2.24) is 10.6 Å². The van der Waals surface area contributed by atoms with Crippen LogP contribution < -0.4 is 10.6 Å². The van der Waals surface area contributed by atoms with Crippen LogP contribution in [0.4, 0.5) is 4.79 Å². The highest BCUT2D eigenvalue weighted by Crippen LogP contribution is 2.13. The van der Waals surface area contributed by atoms with Gasteiger partial charge in [-0.25, -0.2) is 4.79 Å². The maximum Gasteiger partial charge on any atom is 0.315 e. The van der Waals surface area contributed by atoms with Gasteiger partial charge in [0.2, 0.25) is 0 Å². The largest absolute Gasteiger partial charge is 0.481 e. The van der Waals surface area contributed by atoms with Gasteiger partial charge in [0, 0.05) is 6.54 Å². The molecule has 1 fully saturated rings. The molecule has 1 aliphatic rings. The highest BCUT2D eigenvalue weighted by atomic mass is 16.5. The zero-order chi connectivity index (χ0) is 15.2. The molecule has 1 aromatic rings. The molecular weight excluding hydrogens is 272 g/mol. The van der Waals surface area contributed by atoms with Gasteiger partial charge in [0.05, 0.1) is 19.3 Å². The van der Waals surface area contributed by atoms with E-state index in [-0.39, 0.29) is 19.2 Å². The van der Waals surface area contributed by atoms with Crippen molar-refractivity contribution in [2.24, 2.45) is 5.92 Å². The number of urea groups is 1. The molecular formula is C15H20N2O4. The average Bonchev–Trinajstić information content (AvgIpc) is 2.89. The fourth-order valence-corrected chi connectivity index (χ4v) is 2.36. The minimum absolute atomic E-state index is 0.142. The minimum atomic E-state index is -0.947. The second-order valence-corrected chi connectivity index (χ2v) is 5.17. The number of hydrogen-bond acceptors (Lipinski definition) is 3. The van der Waals surface area contributed by atoms with Crippen molar-refractivity contribution in [2.75, 3.05) is 19.8 Å². The number of carbonyl (C=O) groups excluding carboxylic acids is 1. The molecule has 2 rings (SSSR count). The van der Waals surface area contributed by atoms with Gasteiger partial charge in [0.15, 0.2) is 0 Å². The van der Waals surface area contributed by atoms with Crippen LogP contribution in [0, 0.1) is 12.8 Å². The molecule has 114 valence electrons. The SMILES string of the molecule is Cc1ccccc1CCNC(=O)NC1COCC1C(=O)O. The van der Waals surface area contributed by atoms with E-state index in [1.165, 1.54) is 11.1 Å². The lowest BCUT2D eigenvalue weighted by Crippen LogP contribution is -2.47. The van der Waals surface area contributed by atoms with Crippen LogP contribution in [0.1, 0.15) is 11.1 Å². The molecule has 1 heterocycles. The van der Waals surface area contributed by atoms with Gasteiger partial charge in [-0.05, 0) is 24.5 Å². The van der Waals surface area contributed by atoms with Gasteiger partial charge in [-0.3, -0.25) is 4.79 Å². The second kappa shape index (κ2) is 7.08. The topological polar surface area (TPSA) is 87.7 Å². The predicted octanol–water partition coefficient (Wildman–Crippen LogP) is 0.936. The standard InChI is InChI=1S/C15H20N2O4/c1-10-4-2-3-5-11(10)6-7-16-15(20)17-13-9-21-8-12(13)14(18)19/h2-5,12-13H,6-9H2,1H3,(H,18,19)(H2,16,17,20). The van der Waals surface area contributed by atoms with Crippen molar-refractivity contribution in [3.63, 3.8) is 0 Å². The first-order chi connectivity index (χ1) is 10.1. The van der Waals surface area contributed by atoms with Crippen LogP contribution in [-0.2, 0) is 16.0 Å². The summed E-state index contributed by atoms with van der Waals surface area (Å²) in [6.45, 7) is 2.91. The Morgan fingerprint density at radius 2 is 2.10 bits per heavy atom. The molecule has 6 heteroatoms. The number of ether oxygens (including phenoxy) is 1. The van der Waals surface area contributed by atoms with Gasteiger partial charge in [-0.15, -0.1) is 0 Å². The van der Waals surface area contributed by atoms with Gasteiger partial charge in [0.1, 0.15) is 5.92 Å². The summed E-state index contributed by atoms with van der Waals surface area (Å²) in [4.78, 5) is 22.7. The normalized spacial score (nSPS) is 21.0. The van der Waals surface area contributed by atoms with Crippen molar-refractivity contribution < 1.29 is 19.4 Å². The molecule has 2 unspecified atom stereocenters. The number of carboxylic acids is 1. The van der Waals surface area contributed by atoms with Crippen molar-refractivity contribution >= 4 is 12.0 Å². The van der Waals surface area contributed by atoms with Crippen molar-refractivity contribution in [1.29, 1.82) is 0 Å². The van der Waals surface area contributed by atoms with Gasteiger partial charge in [-0.1, -0.05) is 24.3 Å². The number of amides is 2. The van der Waals surface area contributed by atoms with E-state index in [9.17, 15) is 9.59 Å². The molecule has 1 aliphatic heterocycles. The first-order valence-electron chi connectivity index (χ1n) is 6.97. The van der Waals surface area contributed by atoms with E-state index >= 15 is 0 Å². The van der Waals surface area contributed by atoms with Crippen LogP contribution >= 0.6 is 0 Å². The number of aryl methyl sites for hydroxylation is 1. The van der Waals surface area contributed by atoms with E-state index in [1.807, 2.05) is 31.2 Å². The Kier molecular flexibility index (Phi) is 5.16. The molecule has 21 heavy (non-hydrogen) atoms. The summed E-state index contributed by atoms with van der Waals surface area (Å²) >= 11 is 0. The third kappa shape index (κ3) is 4.19. The van der Waals surface area contributed by atoms with E-state index in [1.54, 1.807) is 0 Å². The summed E-state index contributed by atoms with van der Waals surface area (Å²) in [7, 11) is 0. The smallest absolute Gasteiger partial charge is 0.315 e. The maximum atomic E-state index is 11.8. The first-order valence-corrected chi connectivity index (χ1v) is 6.97. The lowest BCUT2D eigenvalue weighted by atomic mass is 10.0. The lowest BCUT2D eigenvalue weighted by Gasteiger charge is -2.16. The fraction of sp³-hybridized carbons (Fsp3) is 0.467. The Bertz CT molecular complexity index is 518. The van der Waals surface area contributed by atoms with Crippen LogP contribution in [0.5, 0.6) is 0 Å². The van der Waals surface area contributed by atoms with Crippen LogP contribution in [0.15, 0.2) is 24.3 Å². The van der Waals surface area contributed by atoms with E-state index in [0.717, 1.165) is 6.42 Å². The summed E-state index contributed by atoms with van der Waals surface area (Å²) in [6.07, 6.45) is 0.740. The highest BCUT2D eigenvalue weighted by molar-refractivity contribution is 5.77. The zero-order valence-corrected chi connectivity index (χ0v) is 12.0. The summed E-state index contributed by atoms with van der Waals surface area (Å²) in [6, 6.07) is 7.18. The van der Waals surface area contributed by atoms with Crippen molar-refractivity contribution in [3.05, 3.63) is 35.4 Å².